The lowest BCUT2D eigenvalue weighted by Crippen LogP contribution is -2.27. The summed E-state index contributed by atoms with van der Waals surface area (Å²) >= 11 is 0. The van der Waals surface area contributed by atoms with Crippen LogP contribution in [0.4, 0.5) is 0 Å². The second-order valence-electron chi connectivity index (χ2n) is 5.16. The average Bonchev–Trinajstić information content (AvgIpc) is 2.04. The van der Waals surface area contributed by atoms with Crippen LogP contribution in [-0.2, 0) is 0 Å². The topological polar surface area (TPSA) is 20.2 Å². The third-order valence-electron chi connectivity index (χ3n) is 2.82. The molecule has 1 nitrogen and oxygen atoms in total. The molecule has 0 aromatic heterocycles. The van der Waals surface area contributed by atoms with Crippen molar-refractivity contribution in [1.29, 1.82) is 0 Å². The standard InChI is InChI=1S/C12H24O/c1-6-8-12(5,7-2)9-11(3,4)10-13/h6,13H,1,7-10H2,2-5H3. The first-order chi connectivity index (χ1) is 5.89. The van der Waals surface area contributed by atoms with Gasteiger partial charge < -0.3 is 5.11 Å². The van der Waals surface area contributed by atoms with Gasteiger partial charge in [0.2, 0.25) is 0 Å². The van der Waals surface area contributed by atoms with Crippen molar-refractivity contribution in [3.63, 3.8) is 0 Å². The third-order valence-corrected chi connectivity index (χ3v) is 2.82. The lowest BCUT2D eigenvalue weighted by molar-refractivity contribution is 0.0937. The highest BCUT2D eigenvalue weighted by molar-refractivity contribution is 4.86. The molecule has 0 spiro atoms. The first kappa shape index (κ1) is 12.7. The van der Waals surface area contributed by atoms with Gasteiger partial charge in [-0.1, -0.05) is 40.2 Å². The summed E-state index contributed by atoms with van der Waals surface area (Å²) in [6.45, 7) is 12.8. The number of hydrogen-bond donors (Lipinski definition) is 1. The van der Waals surface area contributed by atoms with Gasteiger partial charge in [0.05, 0.1) is 0 Å². The molecule has 0 aromatic carbocycles. The van der Waals surface area contributed by atoms with E-state index in [-0.39, 0.29) is 12.0 Å². The van der Waals surface area contributed by atoms with E-state index in [4.69, 9.17) is 0 Å². The molecule has 1 unspecified atom stereocenters. The van der Waals surface area contributed by atoms with Crippen molar-refractivity contribution in [2.24, 2.45) is 10.8 Å². The fourth-order valence-electron chi connectivity index (χ4n) is 1.90. The van der Waals surface area contributed by atoms with Gasteiger partial charge in [-0.05, 0) is 23.7 Å². The van der Waals surface area contributed by atoms with Crippen LogP contribution in [0.1, 0.15) is 47.0 Å². The van der Waals surface area contributed by atoms with E-state index in [0.717, 1.165) is 19.3 Å². The number of aliphatic hydroxyl groups excluding tert-OH is 1. The number of aliphatic hydroxyl groups is 1. The molecule has 0 aliphatic rings. The minimum Gasteiger partial charge on any atom is -0.396 e. The summed E-state index contributed by atoms with van der Waals surface area (Å²) in [6, 6.07) is 0. The zero-order chi connectivity index (χ0) is 10.5. The molecule has 0 saturated carbocycles. The van der Waals surface area contributed by atoms with Crippen molar-refractivity contribution in [2.75, 3.05) is 6.61 Å². The maximum Gasteiger partial charge on any atom is 0.0482 e. The van der Waals surface area contributed by atoms with Crippen LogP contribution in [0.15, 0.2) is 12.7 Å². The normalized spacial score (nSPS) is 16.7. The van der Waals surface area contributed by atoms with E-state index in [1.54, 1.807) is 0 Å². The zero-order valence-electron chi connectivity index (χ0n) is 9.56. The van der Waals surface area contributed by atoms with Crippen LogP contribution in [0, 0.1) is 10.8 Å². The predicted octanol–water partition coefficient (Wildman–Crippen LogP) is 3.39. The summed E-state index contributed by atoms with van der Waals surface area (Å²) in [5.74, 6) is 0. The summed E-state index contributed by atoms with van der Waals surface area (Å²) in [4.78, 5) is 0. The molecule has 0 radical (unpaired) electrons. The number of hydrogen-bond acceptors (Lipinski definition) is 1. The van der Waals surface area contributed by atoms with E-state index in [1.165, 1.54) is 0 Å². The first-order valence-corrected chi connectivity index (χ1v) is 5.11. The average molecular weight is 184 g/mol. The predicted molar refractivity (Wildman–Crippen MR) is 58.7 cm³/mol. The van der Waals surface area contributed by atoms with Gasteiger partial charge in [-0.15, -0.1) is 6.58 Å². The minimum absolute atomic E-state index is 0.0355. The van der Waals surface area contributed by atoms with Crippen molar-refractivity contribution >= 4 is 0 Å². The lowest BCUT2D eigenvalue weighted by Gasteiger charge is -2.35. The van der Waals surface area contributed by atoms with Crippen molar-refractivity contribution in [3.05, 3.63) is 12.7 Å². The molecule has 1 heteroatoms. The van der Waals surface area contributed by atoms with Gasteiger partial charge in [0, 0.05) is 6.61 Å². The Labute approximate surface area is 82.9 Å². The Kier molecular flexibility index (Phi) is 4.69. The lowest BCUT2D eigenvalue weighted by atomic mass is 9.71. The number of rotatable bonds is 6. The Bertz CT molecular complexity index is 161. The summed E-state index contributed by atoms with van der Waals surface area (Å²) in [7, 11) is 0. The molecule has 0 aromatic rings. The Balaban J connectivity index is 4.33. The second kappa shape index (κ2) is 4.80. The molecule has 0 amide bonds. The van der Waals surface area contributed by atoms with Gasteiger partial charge in [0.15, 0.2) is 0 Å². The van der Waals surface area contributed by atoms with E-state index in [1.807, 2.05) is 6.08 Å². The van der Waals surface area contributed by atoms with Crippen LogP contribution in [-0.4, -0.2) is 11.7 Å². The zero-order valence-corrected chi connectivity index (χ0v) is 9.56. The first-order valence-electron chi connectivity index (χ1n) is 5.11. The summed E-state index contributed by atoms with van der Waals surface area (Å²) in [6.07, 6.45) is 5.21. The smallest absolute Gasteiger partial charge is 0.0482 e. The van der Waals surface area contributed by atoms with Crippen LogP contribution in [0.2, 0.25) is 0 Å². The van der Waals surface area contributed by atoms with E-state index >= 15 is 0 Å². The van der Waals surface area contributed by atoms with Gasteiger partial charge in [0.1, 0.15) is 0 Å². The van der Waals surface area contributed by atoms with Crippen LogP contribution in [0.25, 0.3) is 0 Å². The Morgan fingerprint density at radius 2 is 1.85 bits per heavy atom. The highest BCUT2D eigenvalue weighted by atomic mass is 16.3. The number of allylic oxidation sites excluding steroid dienone is 1. The highest BCUT2D eigenvalue weighted by Gasteiger charge is 2.29. The molecule has 0 heterocycles. The molecule has 78 valence electrons. The molecule has 1 atom stereocenters. The summed E-state index contributed by atoms with van der Waals surface area (Å²) in [5, 5.41) is 9.20. The molecule has 13 heavy (non-hydrogen) atoms. The Morgan fingerprint density at radius 1 is 1.31 bits per heavy atom. The van der Waals surface area contributed by atoms with Crippen molar-refractivity contribution < 1.29 is 5.11 Å². The minimum atomic E-state index is 0.0355. The van der Waals surface area contributed by atoms with Crippen LogP contribution >= 0.6 is 0 Å². The van der Waals surface area contributed by atoms with Gasteiger partial charge in [-0.25, -0.2) is 0 Å². The van der Waals surface area contributed by atoms with Crippen LogP contribution in [0.3, 0.4) is 0 Å². The van der Waals surface area contributed by atoms with E-state index in [0.29, 0.717) is 5.41 Å². The van der Waals surface area contributed by atoms with E-state index in [9.17, 15) is 5.11 Å². The van der Waals surface area contributed by atoms with Gasteiger partial charge in [-0.3, -0.25) is 0 Å². The quantitative estimate of drug-likeness (QED) is 0.627. The van der Waals surface area contributed by atoms with Gasteiger partial charge in [-0.2, -0.15) is 0 Å². The van der Waals surface area contributed by atoms with E-state index in [2.05, 4.69) is 34.3 Å². The highest BCUT2D eigenvalue weighted by Crippen LogP contribution is 2.38. The van der Waals surface area contributed by atoms with Gasteiger partial charge >= 0.3 is 0 Å². The van der Waals surface area contributed by atoms with E-state index < -0.39 is 0 Å². The fraction of sp³-hybridized carbons (Fsp3) is 0.833. The summed E-state index contributed by atoms with van der Waals surface area (Å²) in [5.41, 5.74) is 0.335. The molecule has 1 N–H and O–H groups in total. The fourth-order valence-corrected chi connectivity index (χ4v) is 1.90. The third kappa shape index (κ3) is 4.47. The monoisotopic (exact) mass is 184 g/mol. The Morgan fingerprint density at radius 3 is 2.15 bits per heavy atom. The molecule has 0 rings (SSSR count). The molecule has 0 bridgehead atoms. The molecule has 0 fully saturated rings. The van der Waals surface area contributed by atoms with Crippen LogP contribution in [0.5, 0.6) is 0 Å². The molecule has 0 aliphatic carbocycles. The maximum atomic E-state index is 9.20. The largest absolute Gasteiger partial charge is 0.396 e. The summed E-state index contributed by atoms with van der Waals surface area (Å²) < 4.78 is 0. The van der Waals surface area contributed by atoms with Gasteiger partial charge in [0.25, 0.3) is 0 Å². The maximum absolute atomic E-state index is 9.20. The SMILES string of the molecule is C=CCC(C)(CC)CC(C)(C)CO. The van der Waals surface area contributed by atoms with Crippen molar-refractivity contribution in [3.8, 4) is 0 Å². The molecule has 0 aliphatic heterocycles. The molecule has 0 saturated heterocycles. The second-order valence-corrected chi connectivity index (χ2v) is 5.16. The van der Waals surface area contributed by atoms with Crippen molar-refractivity contribution in [1.82, 2.24) is 0 Å². The van der Waals surface area contributed by atoms with Crippen molar-refractivity contribution in [2.45, 2.75) is 47.0 Å². The Hall–Kier alpha value is -0.300. The van der Waals surface area contributed by atoms with Crippen LogP contribution < -0.4 is 0 Å². The molecular formula is C12H24O. The molecular weight excluding hydrogens is 160 g/mol.